The number of carbonyl (C=O) groups excluding carboxylic acids is 1. The molecule has 4 aromatic rings. The Morgan fingerprint density at radius 1 is 1.00 bits per heavy atom. The summed E-state index contributed by atoms with van der Waals surface area (Å²) in [6, 6.07) is 22.9. The minimum absolute atomic E-state index is 0.296. The summed E-state index contributed by atoms with van der Waals surface area (Å²) >= 11 is 0. The summed E-state index contributed by atoms with van der Waals surface area (Å²) < 4.78 is 8.07. The predicted octanol–water partition coefficient (Wildman–Crippen LogP) is 9.43. The Morgan fingerprint density at radius 3 is 2.50 bits per heavy atom. The van der Waals surface area contributed by atoms with Gasteiger partial charge >= 0.3 is 5.97 Å². The molecule has 0 bridgehead atoms. The van der Waals surface area contributed by atoms with Gasteiger partial charge in [-0.05, 0) is 80.5 Å². The number of nitrogens with zero attached hydrogens (tertiary/aromatic N) is 2. The Labute approximate surface area is 251 Å². The second-order valence-corrected chi connectivity index (χ2v) is 12.9. The third-order valence-electron chi connectivity index (χ3n) is 8.34. The molecule has 5 heteroatoms. The first-order valence-corrected chi connectivity index (χ1v) is 16.0. The van der Waals surface area contributed by atoms with Crippen LogP contribution in [0.1, 0.15) is 101 Å². The maximum atomic E-state index is 12.9. The van der Waals surface area contributed by atoms with Gasteiger partial charge in [-0.25, -0.2) is 9.78 Å². The average molecular weight is 566 g/mol. The van der Waals surface area contributed by atoms with Gasteiger partial charge in [0.15, 0.2) is 0 Å². The molecule has 0 aliphatic heterocycles. The topological polar surface area (TPSA) is 56.2 Å². The first kappa shape index (κ1) is 29.9. The lowest BCUT2D eigenvalue weighted by Crippen LogP contribution is -2.24. The van der Waals surface area contributed by atoms with Crippen molar-refractivity contribution >= 4 is 22.7 Å². The van der Waals surface area contributed by atoms with Crippen LogP contribution in [0.2, 0.25) is 0 Å². The number of rotatable bonds is 11. The molecule has 3 aromatic carbocycles. The van der Waals surface area contributed by atoms with Gasteiger partial charge in [-0.2, -0.15) is 0 Å². The molecule has 1 N–H and O–H groups in total. The van der Waals surface area contributed by atoms with E-state index in [1.165, 1.54) is 55.3 Å². The van der Waals surface area contributed by atoms with E-state index < -0.39 is 5.60 Å². The molecule has 1 aliphatic carbocycles. The van der Waals surface area contributed by atoms with E-state index in [0.717, 1.165) is 60.7 Å². The standard InChI is InChI=1S/C37H47N3O2/c1-5-6-16-35-39-33-22-21-30(38-24-23-27-12-8-7-9-13-27)25-34(33)40(35)26-28-17-19-29(20-18-28)31-14-10-11-15-32(31)36(41)42-37(2,3)4/h10-11,14-15,17-22,25,27,38H,5-9,12-13,16,23-24,26H2,1-4H3. The Hall–Kier alpha value is -3.60. The van der Waals surface area contributed by atoms with Crippen LogP contribution in [0.5, 0.6) is 0 Å². The van der Waals surface area contributed by atoms with Crippen molar-refractivity contribution < 1.29 is 9.53 Å². The number of esters is 1. The van der Waals surface area contributed by atoms with Crippen molar-refractivity contribution in [3.05, 3.63) is 83.7 Å². The molecule has 5 nitrogen and oxygen atoms in total. The highest BCUT2D eigenvalue weighted by Gasteiger charge is 2.21. The summed E-state index contributed by atoms with van der Waals surface area (Å²) in [5.74, 6) is 1.72. The Kier molecular flexibility index (Phi) is 9.66. The Morgan fingerprint density at radius 2 is 1.76 bits per heavy atom. The van der Waals surface area contributed by atoms with E-state index in [1.807, 2.05) is 45.0 Å². The molecule has 1 heterocycles. The molecular weight excluding hydrogens is 518 g/mol. The Balaban J connectivity index is 1.36. The molecule has 0 amide bonds. The van der Waals surface area contributed by atoms with Crippen molar-refractivity contribution in [3.63, 3.8) is 0 Å². The van der Waals surface area contributed by atoms with Crippen LogP contribution in [0.3, 0.4) is 0 Å². The van der Waals surface area contributed by atoms with Crippen LogP contribution in [0.15, 0.2) is 66.7 Å². The number of fused-ring (bicyclic) bond motifs is 1. The first-order chi connectivity index (χ1) is 20.3. The van der Waals surface area contributed by atoms with Crippen molar-refractivity contribution in [2.75, 3.05) is 11.9 Å². The summed E-state index contributed by atoms with van der Waals surface area (Å²) in [7, 11) is 0. The quantitative estimate of drug-likeness (QED) is 0.184. The predicted molar refractivity (Wildman–Crippen MR) is 174 cm³/mol. The number of aryl methyl sites for hydroxylation is 1. The van der Waals surface area contributed by atoms with E-state index in [9.17, 15) is 4.79 Å². The van der Waals surface area contributed by atoms with Crippen LogP contribution < -0.4 is 5.32 Å². The van der Waals surface area contributed by atoms with Crippen molar-refractivity contribution in [2.24, 2.45) is 5.92 Å². The summed E-state index contributed by atoms with van der Waals surface area (Å²) in [5, 5.41) is 3.70. The lowest BCUT2D eigenvalue weighted by Gasteiger charge is -2.21. The minimum Gasteiger partial charge on any atom is -0.456 e. The van der Waals surface area contributed by atoms with E-state index in [-0.39, 0.29) is 5.97 Å². The van der Waals surface area contributed by atoms with Crippen LogP contribution in [-0.4, -0.2) is 27.7 Å². The van der Waals surface area contributed by atoms with E-state index in [0.29, 0.717) is 5.56 Å². The second kappa shape index (κ2) is 13.6. The van der Waals surface area contributed by atoms with Crippen LogP contribution in [0.25, 0.3) is 22.2 Å². The van der Waals surface area contributed by atoms with Crippen LogP contribution >= 0.6 is 0 Å². The maximum absolute atomic E-state index is 12.9. The molecule has 0 spiro atoms. The first-order valence-electron chi connectivity index (χ1n) is 16.0. The summed E-state index contributed by atoms with van der Waals surface area (Å²) in [6.45, 7) is 9.71. The molecule has 0 radical (unpaired) electrons. The number of imidazole rings is 1. The molecule has 1 fully saturated rings. The number of carbonyl (C=O) groups is 1. The highest BCUT2D eigenvalue weighted by Crippen LogP contribution is 2.29. The average Bonchev–Trinajstić information content (AvgIpc) is 3.32. The van der Waals surface area contributed by atoms with Gasteiger partial charge in [0.05, 0.1) is 16.6 Å². The lowest BCUT2D eigenvalue weighted by molar-refractivity contribution is 0.00704. The fraction of sp³-hybridized carbons (Fsp3) is 0.459. The molecule has 1 aromatic heterocycles. The molecule has 1 saturated carbocycles. The van der Waals surface area contributed by atoms with Gasteiger partial charge in [0.2, 0.25) is 0 Å². The van der Waals surface area contributed by atoms with Crippen molar-refractivity contribution in [1.82, 2.24) is 9.55 Å². The monoisotopic (exact) mass is 565 g/mol. The number of anilines is 1. The number of unbranched alkanes of at least 4 members (excludes halogenated alkanes) is 1. The van der Waals surface area contributed by atoms with Gasteiger partial charge in [-0.1, -0.05) is 87.9 Å². The third kappa shape index (κ3) is 7.61. The van der Waals surface area contributed by atoms with Gasteiger partial charge in [0.1, 0.15) is 11.4 Å². The SMILES string of the molecule is CCCCc1nc2ccc(NCCC3CCCCC3)cc2n1Cc1ccc(-c2ccccc2C(=O)OC(C)(C)C)cc1. The number of nitrogens with one attached hydrogen (secondary N) is 1. The Bertz CT molecular complexity index is 1470. The smallest absolute Gasteiger partial charge is 0.339 e. The summed E-state index contributed by atoms with van der Waals surface area (Å²) in [6.07, 6.45) is 11.5. The van der Waals surface area contributed by atoms with Gasteiger partial charge in [0.25, 0.3) is 0 Å². The number of hydrogen-bond donors (Lipinski definition) is 1. The molecule has 0 saturated heterocycles. The summed E-state index contributed by atoms with van der Waals surface area (Å²) in [5.41, 5.74) is 6.57. The van der Waals surface area contributed by atoms with Crippen LogP contribution in [0, 0.1) is 5.92 Å². The fourth-order valence-corrected chi connectivity index (χ4v) is 6.10. The molecule has 5 rings (SSSR count). The van der Waals surface area contributed by atoms with Gasteiger partial charge in [-0.15, -0.1) is 0 Å². The maximum Gasteiger partial charge on any atom is 0.339 e. The third-order valence-corrected chi connectivity index (χ3v) is 8.34. The zero-order valence-electron chi connectivity index (χ0n) is 25.9. The molecule has 42 heavy (non-hydrogen) atoms. The number of hydrogen-bond acceptors (Lipinski definition) is 4. The van der Waals surface area contributed by atoms with Gasteiger partial charge in [0, 0.05) is 25.2 Å². The molecule has 222 valence electrons. The lowest BCUT2D eigenvalue weighted by atomic mass is 9.87. The highest BCUT2D eigenvalue weighted by atomic mass is 16.6. The van der Waals surface area contributed by atoms with Gasteiger partial charge in [-0.3, -0.25) is 0 Å². The van der Waals surface area contributed by atoms with E-state index >= 15 is 0 Å². The summed E-state index contributed by atoms with van der Waals surface area (Å²) in [4.78, 5) is 18.0. The normalized spacial score (nSPS) is 14.3. The van der Waals surface area contributed by atoms with Crippen molar-refractivity contribution in [3.8, 4) is 11.1 Å². The van der Waals surface area contributed by atoms with Crippen molar-refractivity contribution in [2.45, 2.75) is 97.6 Å². The number of ether oxygens (including phenoxy) is 1. The van der Waals surface area contributed by atoms with Crippen LogP contribution in [-0.2, 0) is 17.7 Å². The zero-order valence-corrected chi connectivity index (χ0v) is 25.9. The molecule has 0 atom stereocenters. The number of aromatic nitrogens is 2. The zero-order chi connectivity index (χ0) is 29.5. The fourth-order valence-electron chi connectivity index (χ4n) is 6.10. The number of benzene rings is 3. The molecule has 0 unspecified atom stereocenters. The highest BCUT2D eigenvalue weighted by molar-refractivity contribution is 5.97. The van der Waals surface area contributed by atoms with Crippen LogP contribution in [0.4, 0.5) is 5.69 Å². The minimum atomic E-state index is -0.540. The van der Waals surface area contributed by atoms with E-state index in [1.54, 1.807) is 0 Å². The second-order valence-electron chi connectivity index (χ2n) is 12.9. The van der Waals surface area contributed by atoms with Crippen molar-refractivity contribution in [1.29, 1.82) is 0 Å². The largest absolute Gasteiger partial charge is 0.456 e. The van der Waals surface area contributed by atoms with E-state index in [4.69, 9.17) is 9.72 Å². The molecule has 1 aliphatic rings. The molecular formula is C37H47N3O2. The van der Waals surface area contributed by atoms with Gasteiger partial charge < -0.3 is 14.6 Å². The van der Waals surface area contributed by atoms with E-state index in [2.05, 4.69) is 59.3 Å².